The molecule has 2 heterocycles. The van der Waals surface area contributed by atoms with Crippen LogP contribution in [0.2, 0.25) is 0 Å². The minimum absolute atomic E-state index is 0.120. The normalized spacial score (nSPS) is 11.7. The minimum Gasteiger partial charge on any atom is -0.481 e. The molecule has 5 nitrogen and oxygen atoms in total. The van der Waals surface area contributed by atoms with Gasteiger partial charge in [-0.2, -0.15) is 5.10 Å². The van der Waals surface area contributed by atoms with Crippen molar-refractivity contribution < 1.29 is 9.90 Å². The molecular formula is C26H19N3O2S. The molecule has 0 spiro atoms. The summed E-state index contributed by atoms with van der Waals surface area (Å²) in [5.74, 6) is -0.896. The van der Waals surface area contributed by atoms with Crippen molar-refractivity contribution in [1.82, 2.24) is 14.8 Å². The van der Waals surface area contributed by atoms with Gasteiger partial charge in [-0.15, -0.1) is 11.3 Å². The topological polar surface area (TPSA) is 68.0 Å². The number of carbonyl (C=O) groups is 1. The Balaban J connectivity index is 1.68. The zero-order valence-corrected chi connectivity index (χ0v) is 17.9. The van der Waals surface area contributed by atoms with E-state index < -0.39 is 5.97 Å². The molecule has 0 radical (unpaired) electrons. The number of benzene rings is 3. The number of aromatic nitrogens is 3. The number of fused-ring (bicyclic) bond motifs is 1. The molecule has 0 saturated heterocycles. The van der Waals surface area contributed by atoms with Gasteiger partial charge in [0.1, 0.15) is 5.01 Å². The summed E-state index contributed by atoms with van der Waals surface area (Å²) in [6.07, 6.45) is 3.72. The zero-order valence-electron chi connectivity index (χ0n) is 17.1. The Labute approximate surface area is 188 Å². The third kappa shape index (κ3) is 4.08. The molecule has 1 N–H and O–H groups in total. The molecule has 0 bridgehead atoms. The molecule has 0 unspecified atom stereocenters. The number of para-hydroxylation sites is 2. The standard InChI is InChI=1S/C26H19N3O2S/c30-24(31)16-19(26-27-22-13-7-8-14-23(22)32-26)15-20-17-29(21-11-5-2-6-12-21)28-25(20)18-9-3-1-4-10-18/h1-15,17H,16H2,(H,30,31). The van der Waals surface area contributed by atoms with Gasteiger partial charge < -0.3 is 5.11 Å². The second-order valence-corrected chi connectivity index (χ2v) is 8.34. The summed E-state index contributed by atoms with van der Waals surface area (Å²) in [5, 5.41) is 15.1. The van der Waals surface area contributed by atoms with Gasteiger partial charge in [-0.1, -0.05) is 60.7 Å². The maximum absolute atomic E-state index is 11.7. The first kappa shape index (κ1) is 19.9. The number of rotatable bonds is 6. The van der Waals surface area contributed by atoms with Crippen molar-refractivity contribution in [3.8, 4) is 16.9 Å². The van der Waals surface area contributed by atoms with Crippen molar-refractivity contribution in [2.75, 3.05) is 0 Å². The van der Waals surface area contributed by atoms with Gasteiger partial charge in [0.05, 0.1) is 28.0 Å². The van der Waals surface area contributed by atoms with Crippen LogP contribution in [-0.2, 0) is 4.79 Å². The smallest absolute Gasteiger partial charge is 0.307 e. The molecule has 0 fully saturated rings. The summed E-state index contributed by atoms with van der Waals surface area (Å²) >= 11 is 1.50. The Hall–Kier alpha value is -4.03. The second-order valence-electron chi connectivity index (χ2n) is 7.31. The van der Waals surface area contributed by atoms with E-state index in [1.54, 1.807) is 0 Å². The summed E-state index contributed by atoms with van der Waals surface area (Å²) < 4.78 is 2.85. The summed E-state index contributed by atoms with van der Waals surface area (Å²) in [5.41, 5.74) is 5.06. The summed E-state index contributed by atoms with van der Waals surface area (Å²) in [7, 11) is 0. The van der Waals surface area contributed by atoms with Crippen LogP contribution in [0.4, 0.5) is 0 Å². The first-order valence-electron chi connectivity index (χ1n) is 10.2. The van der Waals surface area contributed by atoms with E-state index in [0.29, 0.717) is 10.6 Å². The fraction of sp³-hybridized carbons (Fsp3) is 0.0385. The number of carboxylic acid groups (broad SMARTS) is 1. The van der Waals surface area contributed by atoms with E-state index >= 15 is 0 Å². The Morgan fingerprint density at radius 1 is 0.938 bits per heavy atom. The van der Waals surface area contributed by atoms with Gasteiger partial charge in [0.25, 0.3) is 0 Å². The highest BCUT2D eigenvalue weighted by molar-refractivity contribution is 7.19. The van der Waals surface area contributed by atoms with Crippen LogP contribution in [0, 0.1) is 0 Å². The van der Waals surface area contributed by atoms with Gasteiger partial charge in [0.15, 0.2) is 0 Å². The third-order valence-electron chi connectivity index (χ3n) is 5.05. The largest absolute Gasteiger partial charge is 0.481 e. The highest BCUT2D eigenvalue weighted by Gasteiger charge is 2.16. The van der Waals surface area contributed by atoms with Crippen LogP contribution in [0.25, 0.3) is 38.8 Å². The van der Waals surface area contributed by atoms with E-state index in [1.807, 2.05) is 102 Å². The number of hydrogen-bond acceptors (Lipinski definition) is 4. The van der Waals surface area contributed by atoms with Crippen molar-refractivity contribution in [3.05, 3.63) is 102 Å². The molecule has 6 heteroatoms. The molecular weight excluding hydrogens is 418 g/mol. The average Bonchev–Trinajstić information content (AvgIpc) is 3.44. The van der Waals surface area contributed by atoms with Crippen LogP contribution in [0.3, 0.4) is 0 Å². The number of nitrogens with zero attached hydrogens (tertiary/aromatic N) is 3. The van der Waals surface area contributed by atoms with Crippen LogP contribution in [-0.4, -0.2) is 25.8 Å². The van der Waals surface area contributed by atoms with Crippen LogP contribution in [0.5, 0.6) is 0 Å². The van der Waals surface area contributed by atoms with Crippen molar-refractivity contribution in [2.24, 2.45) is 0 Å². The average molecular weight is 438 g/mol. The van der Waals surface area contributed by atoms with Crippen molar-refractivity contribution in [2.45, 2.75) is 6.42 Å². The lowest BCUT2D eigenvalue weighted by molar-refractivity contribution is -0.135. The van der Waals surface area contributed by atoms with Crippen molar-refractivity contribution in [3.63, 3.8) is 0 Å². The molecule has 32 heavy (non-hydrogen) atoms. The molecule has 5 rings (SSSR count). The SMILES string of the molecule is O=C(O)CC(=Cc1cn(-c2ccccc2)nc1-c1ccccc1)c1nc2ccccc2s1. The Morgan fingerprint density at radius 2 is 1.62 bits per heavy atom. The zero-order chi connectivity index (χ0) is 21.9. The number of aliphatic carboxylic acids is 1. The lowest BCUT2D eigenvalue weighted by Crippen LogP contribution is -1.97. The second kappa shape index (κ2) is 8.61. The highest BCUT2D eigenvalue weighted by atomic mass is 32.1. The maximum Gasteiger partial charge on any atom is 0.307 e. The van der Waals surface area contributed by atoms with Crippen molar-refractivity contribution in [1.29, 1.82) is 0 Å². The summed E-state index contributed by atoms with van der Waals surface area (Å²) in [6.45, 7) is 0. The number of thiazole rings is 1. The van der Waals surface area contributed by atoms with E-state index in [0.717, 1.165) is 32.7 Å². The molecule has 0 aliphatic heterocycles. The molecule has 0 saturated carbocycles. The van der Waals surface area contributed by atoms with Gasteiger partial charge in [-0.25, -0.2) is 9.67 Å². The Morgan fingerprint density at radius 3 is 2.34 bits per heavy atom. The minimum atomic E-state index is -0.896. The van der Waals surface area contributed by atoms with E-state index in [9.17, 15) is 9.90 Å². The highest BCUT2D eigenvalue weighted by Crippen LogP contribution is 2.33. The predicted octanol–water partition coefficient (Wildman–Crippen LogP) is 6.16. The fourth-order valence-corrected chi connectivity index (χ4v) is 4.55. The monoisotopic (exact) mass is 437 g/mol. The number of hydrogen-bond donors (Lipinski definition) is 1. The molecule has 5 aromatic rings. The van der Waals surface area contributed by atoms with E-state index in [-0.39, 0.29) is 6.42 Å². The molecule has 3 aromatic carbocycles. The quantitative estimate of drug-likeness (QED) is 0.345. The van der Waals surface area contributed by atoms with Gasteiger partial charge >= 0.3 is 5.97 Å². The summed E-state index contributed by atoms with van der Waals surface area (Å²) in [4.78, 5) is 16.4. The van der Waals surface area contributed by atoms with E-state index in [4.69, 9.17) is 5.10 Å². The fourth-order valence-electron chi connectivity index (χ4n) is 3.57. The van der Waals surface area contributed by atoms with E-state index in [1.165, 1.54) is 11.3 Å². The molecule has 0 atom stereocenters. The Kier molecular flexibility index (Phi) is 5.35. The molecule has 156 valence electrons. The van der Waals surface area contributed by atoms with Gasteiger partial charge in [0, 0.05) is 17.3 Å². The molecule has 2 aromatic heterocycles. The van der Waals surface area contributed by atoms with Crippen LogP contribution in [0.15, 0.2) is 91.1 Å². The van der Waals surface area contributed by atoms with E-state index in [2.05, 4.69) is 4.98 Å². The molecule has 0 amide bonds. The maximum atomic E-state index is 11.7. The molecule has 0 aliphatic carbocycles. The lowest BCUT2D eigenvalue weighted by atomic mass is 10.0. The van der Waals surface area contributed by atoms with Crippen molar-refractivity contribution >= 4 is 39.2 Å². The first-order valence-corrected chi connectivity index (χ1v) is 11.0. The van der Waals surface area contributed by atoms with Gasteiger partial charge in [-0.3, -0.25) is 4.79 Å². The van der Waals surface area contributed by atoms with Gasteiger partial charge in [-0.05, 0) is 35.9 Å². The predicted molar refractivity (Wildman–Crippen MR) is 129 cm³/mol. The third-order valence-corrected chi connectivity index (χ3v) is 6.16. The Bertz CT molecular complexity index is 1390. The lowest BCUT2D eigenvalue weighted by Gasteiger charge is -2.02. The van der Waals surface area contributed by atoms with Gasteiger partial charge in [0.2, 0.25) is 0 Å². The number of carboxylic acids is 1. The van der Waals surface area contributed by atoms with Crippen LogP contribution < -0.4 is 0 Å². The first-order chi connectivity index (χ1) is 15.7. The molecule has 0 aliphatic rings. The van der Waals surface area contributed by atoms with Crippen LogP contribution >= 0.6 is 11.3 Å². The summed E-state index contributed by atoms with van der Waals surface area (Å²) in [6, 6.07) is 27.6. The van der Waals surface area contributed by atoms with Crippen LogP contribution in [0.1, 0.15) is 17.0 Å².